The summed E-state index contributed by atoms with van der Waals surface area (Å²) in [5.74, 6) is 0. The van der Waals surface area contributed by atoms with Crippen molar-refractivity contribution in [3.63, 3.8) is 0 Å². The van der Waals surface area contributed by atoms with Gasteiger partial charge in [-0.2, -0.15) is 0 Å². The molecular formula is C7H9BrINO. The highest BCUT2D eigenvalue weighted by Gasteiger charge is 1.88. The number of halogens is 2. The number of aromatic nitrogens is 1. The fourth-order valence-corrected chi connectivity index (χ4v) is 1.17. The van der Waals surface area contributed by atoms with Crippen molar-refractivity contribution in [3.8, 4) is 0 Å². The summed E-state index contributed by atoms with van der Waals surface area (Å²) < 4.78 is 1.93. The molecular weight excluding hydrogens is 321 g/mol. The van der Waals surface area contributed by atoms with E-state index < -0.39 is 0 Å². The molecule has 1 N–H and O–H groups in total. The van der Waals surface area contributed by atoms with E-state index in [1.54, 1.807) is 0 Å². The summed E-state index contributed by atoms with van der Waals surface area (Å²) in [7, 11) is 1.00. The second kappa shape index (κ2) is 7.00. The molecule has 0 atom stereocenters. The van der Waals surface area contributed by atoms with Crippen molar-refractivity contribution in [1.82, 2.24) is 4.98 Å². The molecule has 1 rings (SSSR count). The van der Waals surface area contributed by atoms with Gasteiger partial charge in [-0.1, -0.05) is 28.7 Å². The van der Waals surface area contributed by atoms with Gasteiger partial charge in [0.15, 0.2) is 0 Å². The minimum Gasteiger partial charge on any atom is -0.400 e. The van der Waals surface area contributed by atoms with Gasteiger partial charge in [0.25, 0.3) is 0 Å². The van der Waals surface area contributed by atoms with Crippen molar-refractivity contribution in [2.45, 2.75) is 4.43 Å². The Kier molecular flexibility index (Phi) is 7.20. The number of aliphatic hydroxyl groups excluding tert-OH is 1. The van der Waals surface area contributed by atoms with Crippen molar-refractivity contribution >= 4 is 38.5 Å². The third-order valence-electron chi connectivity index (χ3n) is 0.943. The zero-order valence-corrected chi connectivity index (χ0v) is 9.83. The average Bonchev–Trinajstić information content (AvgIpc) is 2.10. The van der Waals surface area contributed by atoms with Gasteiger partial charge in [-0.25, -0.2) is 4.98 Å². The molecule has 0 aromatic carbocycles. The topological polar surface area (TPSA) is 33.1 Å². The number of alkyl halides is 1. The summed E-state index contributed by atoms with van der Waals surface area (Å²) in [6, 6.07) is 4.01. The van der Waals surface area contributed by atoms with E-state index in [1.165, 1.54) is 5.56 Å². The lowest BCUT2D eigenvalue weighted by atomic mass is 10.3. The quantitative estimate of drug-likeness (QED) is 0.487. The number of nitrogens with zero attached hydrogens (tertiary/aromatic N) is 1. The van der Waals surface area contributed by atoms with E-state index in [0.29, 0.717) is 0 Å². The molecule has 4 heteroatoms. The Morgan fingerprint density at radius 3 is 2.55 bits per heavy atom. The van der Waals surface area contributed by atoms with Crippen LogP contribution in [0.2, 0.25) is 0 Å². The fraction of sp³-hybridized carbons (Fsp3) is 0.286. The maximum atomic E-state index is 7.00. The monoisotopic (exact) mass is 329 g/mol. The molecule has 1 heterocycles. The molecule has 1 aromatic heterocycles. The van der Waals surface area contributed by atoms with Crippen LogP contribution in [0, 0.1) is 0 Å². The standard InChI is InChI=1S/C6H5BrIN.CH4O/c7-6-2-1-5(3-8)4-9-6;1-2/h1-2,4H,3H2;2H,1H3. The molecule has 0 saturated heterocycles. The van der Waals surface area contributed by atoms with Gasteiger partial charge >= 0.3 is 0 Å². The van der Waals surface area contributed by atoms with E-state index in [9.17, 15) is 0 Å². The number of hydrogen-bond acceptors (Lipinski definition) is 2. The number of rotatable bonds is 1. The second-order valence-corrected chi connectivity index (χ2v) is 3.20. The van der Waals surface area contributed by atoms with Gasteiger partial charge in [-0.05, 0) is 27.6 Å². The Hall–Kier alpha value is 0.320. The van der Waals surface area contributed by atoms with Crippen LogP contribution in [0.5, 0.6) is 0 Å². The highest BCUT2D eigenvalue weighted by atomic mass is 127. The van der Waals surface area contributed by atoms with Crippen molar-refractivity contribution < 1.29 is 5.11 Å². The van der Waals surface area contributed by atoms with Crippen LogP contribution in [0.15, 0.2) is 22.9 Å². The van der Waals surface area contributed by atoms with E-state index >= 15 is 0 Å². The summed E-state index contributed by atoms with van der Waals surface area (Å²) in [4.78, 5) is 4.06. The maximum Gasteiger partial charge on any atom is 0.106 e. The van der Waals surface area contributed by atoms with Crippen LogP contribution in [-0.4, -0.2) is 17.2 Å². The Morgan fingerprint density at radius 2 is 2.18 bits per heavy atom. The van der Waals surface area contributed by atoms with Crippen LogP contribution in [0.4, 0.5) is 0 Å². The first kappa shape index (κ1) is 11.3. The molecule has 1 aromatic rings. The zero-order valence-electron chi connectivity index (χ0n) is 6.09. The van der Waals surface area contributed by atoms with Crippen molar-refractivity contribution in [2.24, 2.45) is 0 Å². The third-order valence-corrected chi connectivity index (χ3v) is 2.29. The largest absolute Gasteiger partial charge is 0.400 e. The molecule has 0 unspecified atom stereocenters. The maximum absolute atomic E-state index is 7.00. The van der Waals surface area contributed by atoms with E-state index in [0.717, 1.165) is 16.1 Å². The number of hydrogen-bond donors (Lipinski definition) is 1. The summed E-state index contributed by atoms with van der Waals surface area (Å²) in [5.41, 5.74) is 1.26. The Bertz CT molecular complexity index is 190. The molecule has 0 aliphatic rings. The van der Waals surface area contributed by atoms with Gasteiger partial charge in [0.2, 0.25) is 0 Å². The SMILES string of the molecule is Brc1ccc(CI)cn1.CO. The van der Waals surface area contributed by atoms with Crippen LogP contribution in [0.3, 0.4) is 0 Å². The molecule has 11 heavy (non-hydrogen) atoms. The van der Waals surface area contributed by atoms with E-state index in [1.807, 2.05) is 12.3 Å². The molecule has 0 saturated carbocycles. The summed E-state index contributed by atoms with van der Waals surface area (Å²) in [5, 5.41) is 7.00. The van der Waals surface area contributed by atoms with Crippen molar-refractivity contribution in [1.29, 1.82) is 0 Å². The van der Waals surface area contributed by atoms with Crippen LogP contribution >= 0.6 is 38.5 Å². The minimum absolute atomic E-state index is 0.899. The first-order valence-corrected chi connectivity index (χ1v) is 5.26. The van der Waals surface area contributed by atoms with E-state index in [-0.39, 0.29) is 0 Å². The molecule has 0 radical (unpaired) electrons. The van der Waals surface area contributed by atoms with Crippen LogP contribution in [0.25, 0.3) is 0 Å². The summed E-state index contributed by atoms with van der Waals surface area (Å²) >= 11 is 5.57. The predicted octanol–water partition coefficient (Wildman–Crippen LogP) is 2.39. The molecule has 0 spiro atoms. The first-order chi connectivity index (χ1) is 5.33. The van der Waals surface area contributed by atoms with Crippen LogP contribution < -0.4 is 0 Å². The van der Waals surface area contributed by atoms with E-state index in [4.69, 9.17) is 5.11 Å². The van der Waals surface area contributed by atoms with Crippen LogP contribution in [-0.2, 0) is 4.43 Å². The summed E-state index contributed by atoms with van der Waals surface area (Å²) in [6.07, 6.45) is 1.87. The van der Waals surface area contributed by atoms with Crippen molar-refractivity contribution in [3.05, 3.63) is 28.5 Å². The smallest absolute Gasteiger partial charge is 0.106 e. The van der Waals surface area contributed by atoms with Gasteiger partial charge < -0.3 is 5.11 Å². The van der Waals surface area contributed by atoms with E-state index in [2.05, 4.69) is 49.6 Å². The number of aliphatic hydroxyl groups is 1. The number of pyridine rings is 1. The second-order valence-electron chi connectivity index (χ2n) is 1.62. The third kappa shape index (κ3) is 4.71. The highest BCUT2D eigenvalue weighted by Crippen LogP contribution is 2.08. The highest BCUT2D eigenvalue weighted by molar-refractivity contribution is 14.1. The van der Waals surface area contributed by atoms with Gasteiger partial charge in [-0.15, -0.1) is 0 Å². The lowest BCUT2D eigenvalue weighted by Gasteiger charge is -1.91. The van der Waals surface area contributed by atoms with Gasteiger partial charge in [0.05, 0.1) is 0 Å². The molecule has 0 aliphatic heterocycles. The summed E-state index contributed by atoms with van der Waals surface area (Å²) in [6.45, 7) is 0. The fourth-order valence-electron chi connectivity index (χ4n) is 0.485. The lowest BCUT2D eigenvalue weighted by Crippen LogP contribution is -1.78. The Balaban J connectivity index is 0.000000461. The average molecular weight is 330 g/mol. The van der Waals surface area contributed by atoms with Crippen molar-refractivity contribution in [2.75, 3.05) is 7.11 Å². The normalized spacial score (nSPS) is 8.36. The first-order valence-electron chi connectivity index (χ1n) is 2.94. The van der Waals surface area contributed by atoms with Gasteiger partial charge in [-0.3, -0.25) is 0 Å². The Labute approximate surface area is 88.3 Å². The molecule has 0 fully saturated rings. The Morgan fingerprint density at radius 1 is 1.55 bits per heavy atom. The lowest BCUT2D eigenvalue weighted by molar-refractivity contribution is 0.399. The molecule has 0 amide bonds. The van der Waals surface area contributed by atoms with Gasteiger partial charge in [0.1, 0.15) is 4.60 Å². The minimum atomic E-state index is 0.899. The predicted molar refractivity (Wildman–Crippen MR) is 57.8 cm³/mol. The molecule has 62 valence electrons. The molecule has 0 aliphatic carbocycles. The molecule has 2 nitrogen and oxygen atoms in total. The molecule has 0 bridgehead atoms. The zero-order chi connectivity index (χ0) is 8.69. The van der Waals surface area contributed by atoms with Crippen LogP contribution in [0.1, 0.15) is 5.56 Å². The van der Waals surface area contributed by atoms with Gasteiger partial charge in [0, 0.05) is 17.7 Å².